The minimum absolute atomic E-state index is 0.0387. The molecule has 0 spiro atoms. The molecule has 0 saturated carbocycles. The topological polar surface area (TPSA) is 64.2 Å². The number of nitriles is 1. The van der Waals surface area contributed by atoms with Gasteiger partial charge in [-0.05, 0) is 24.1 Å². The summed E-state index contributed by atoms with van der Waals surface area (Å²) in [5.41, 5.74) is -0.667. The van der Waals surface area contributed by atoms with Gasteiger partial charge in [-0.25, -0.2) is 0 Å². The predicted octanol–water partition coefficient (Wildman–Crippen LogP) is 2.32. The number of rotatable bonds is 3. The minimum Gasteiger partial charge on any atom is -0.389 e. The third kappa shape index (κ3) is 3.22. The Morgan fingerprint density at radius 2 is 1.94 bits per heavy atom. The van der Waals surface area contributed by atoms with Crippen LogP contribution in [0.4, 0.5) is 13.2 Å². The lowest BCUT2D eigenvalue weighted by Gasteiger charge is -2.18. The Hall–Kier alpha value is -1.58. The number of hydrogen-bond donors (Lipinski definition) is 2. The van der Waals surface area contributed by atoms with E-state index in [0.29, 0.717) is 0 Å². The molecule has 0 aliphatic rings. The fraction of sp³-hybridized carbons (Fsp3) is 0.417. The normalized spacial score (nSPS) is 14.9. The van der Waals surface area contributed by atoms with Crippen LogP contribution in [0.1, 0.15) is 29.2 Å². The van der Waals surface area contributed by atoms with Crippen LogP contribution in [0.2, 0.25) is 0 Å². The zero-order valence-corrected chi connectivity index (χ0v) is 9.57. The van der Waals surface area contributed by atoms with Gasteiger partial charge in [0.25, 0.3) is 0 Å². The predicted molar refractivity (Wildman–Crippen MR) is 57.4 cm³/mol. The monoisotopic (exact) mass is 259 g/mol. The number of hydrogen-bond acceptors (Lipinski definition) is 3. The number of aryl methyl sites for hydroxylation is 1. The zero-order valence-electron chi connectivity index (χ0n) is 9.57. The maximum absolute atomic E-state index is 12.5. The highest BCUT2D eigenvalue weighted by molar-refractivity contribution is 5.34. The third-order valence-electron chi connectivity index (χ3n) is 2.56. The van der Waals surface area contributed by atoms with Crippen molar-refractivity contribution in [3.8, 4) is 6.07 Å². The summed E-state index contributed by atoms with van der Waals surface area (Å²) in [4.78, 5) is 0. The molecule has 0 bridgehead atoms. The van der Waals surface area contributed by atoms with Crippen LogP contribution in [0.3, 0.4) is 0 Å². The van der Waals surface area contributed by atoms with Gasteiger partial charge >= 0.3 is 6.18 Å². The molecule has 2 atom stereocenters. The van der Waals surface area contributed by atoms with Crippen molar-refractivity contribution in [3.63, 3.8) is 0 Å². The van der Waals surface area contributed by atoms with Gasteiger partial charge in [-0.1, -0.05) is 12.1 Å². The van der Waals surface area contributed by atoms with Crippen LogP contribution in [-0.2, 0) is 6.18 Å². The van der Waals surface area contributed by atoms with E-state index >= 15 is 0 Å². The molecule has 3 nitrogen and oxygen atoms in total. The van der Waals surface area contributed by atoms with E-state index in [0.717, 1.165) is 18.2 Å². The van der Waals surface area contributed by atoms with Gasteiger partial charge in [0.2, 0.25) is 0 Å². The summed E-state index contributed by atoms with van der Waals surface area (Å²) in [5.74, 6) is 0. The SMILES string of the molecule is Cc1cc(C(O)C(O)CC#N)ccc1C(F)(F)F. The van der Waals surface area contributed by atoms with Gasteiger partial charge in [0.15, 0.2) is 0 Å². The van der Waals surface area contributed by atoms with Crippen LogP contribution >= 0.6 is 0 Å². The fourth-order valence-corrected chi connectivity index (χ4v) is 1.62. The molecule has 2 unspecified atom stereocenters. The van der Waals surface area contributed by atoms with Gasteiger partial charge in [-0.3, -0.25) is 0 Å². The second-order valence-electron chi connectivity index (χ2n) is 3.95. The smallest absolute Gasteiger partial charge is 0.389 e. The lowest BCUT2D eigenvalue weighted by atomic mass is 9.98. The van der Waals surface area contributed by atoms with Crippen molar-refractivity contribution in [1.82, 2.24) is 0 Å². The Labute approximate surface area is 102 Å². The third-order valence-corrected chi connectivity index (χ3v) is 2.56. The summed E-state index contributed by atoms with van der Waals surface area (Å²) in [6.07, 6.45) is -7.42. The molecule has 0 amide bonds. The molecule has 1 rings (SSSR count). The van der Waals surface area contributed by atoms with E-state index in [9.17, 15) is 23.4 Å². The van der Waals surface area contributed by atoms with Crippen molar-refractivity contribution in [1.29, 1.82) is 5.26 Å². The van der Waals surface area contributed by atoms with E-state index < -0.39 is 23.9 Å². The Balaban J connectivity index is 3.02. The molecule has 0 aliphatic carbocycles. The fourth-order valence-electron chi connectivity index (χ4n) is 1.62. The van der Waals surface area contributed by atoms with Crippen molar-refractivity contribution >= 4 is 0 Å². The summed E-state index contributed by atoms with van der Waals surface area (Å²) in [7, 11) is 0. The summed E-state index contributed by atoms with van der Waals surface area (Å²) in [6, 6.07) is 4.79. The largest absolute Gasteiger partial charge is 0.416 e. The number of aliphatic hydroxyl groups is 2. The number of aliphatic hydroxyl groups excluding tert-OH is 2. The highest BCUT2D eigenvalue weighted by Gasteiger charge is 2.32. The van der Waals surface area contributed by atoms with Gasteiger partial charge in [0.1, 0.15) is 6.10 Å². The zero-order chi connectivity index (χ0) is 13.9. The standard InChI is InChI=1S/C12H12F3NO2/c1-7-6-8(11(18)10(17)4-5-16)2-3-9(7)12(13,14)15/h2-3,6,10-11,17-18H,4H2,1H3. The molecule has 2 N–H and O–H groups in total. The second kappa shape index (κ2) is 5.38. The Morgan fingerprint density at radius 1 is 1.33 bits per heavy atom. The first-order valence-electron chi connectivity index (χ1n) is 5.18. The Bertz CT molecular complexity index is 465. The molecular weight excluding hydrogens is 247 g/mol. The van der Waals surface area contributed by atoms with E-state index in [1.165, 1.54) is 6.92 Å². The molecule has 98 valence electrons. The van der Waals surface area contributed by atoms with Gasteiger partial charge in [-0.2, -0.15) is 18.4 Å². The molecule has 0 heterocycles. The van der Waals surface area contributed by atoms with E-state index in [-0.39, 0.29) is 17.5 Å². The van der Waals surface area contributed by atoms with Crippen molar-refractivity contribution < 1.29 is 23.4 Å². The Kier molecular flexibility index (Phi) is 4.33. The van der Waals surface area contributed by atoms with Crippen LogP contribution in [0, 0.1) is 18.3 Å². The summed E-state index contributed by atoms with van der Waals surface area (Å²) in [6.45, 7) is 1.27. The molecular formula is C12H12F3NO2. The molecule has 1 aromatic rings. The summed E-state index contributed by atoms with van der Waals surface area (Å²) < 4.78 is 37.5. The molecule has 0 radical (unpaired) electrons. The lowest BCUT2D eigenvalue weighted by molar-refractivity contribution is -0.138. The van der Waals surface area contributed by atoms with Crippen molar-refractivity contribution in [2.24, 2.45) is 0 Å². The quantitative estimate of drug-likeness (QED) is 0.875. The highest BCUT2D eigenvalue weighted by Crippen LogP contribution is 2.33. The van der Waals surface area contributed by atoms with Gasteiger partial charge in [0, 0.05) is 0 Å². The number of alkyl halides is 3. The summed E-state index contributed by atoms with van der Waals surface area (Å²) >= 11 is 0. The average Bonchev–Trinajstić information content (AvgIpc) is 2.26. The van der Waals surface area contributed by atoms with Crippen LogP contribution in [-0.4, -0.2) is 16.3 Å². The first-order chi connectivity index (χ1) is 8.27. The van der Waals surface area contributed by atoms with Crippen molar-refractivity contribution in [2.75, 3.05) is 0 Å². The van der Waals surface area contributed by atoms with E-state index in [1.807, 2.05) is 0 Å². The molecule has 0 aliphatic heterocycles. The Morgan fingerprint density at radius 3 is 2.39 bits per heavy atom. The number of nitrogens with zero attached hydrogens (tertiary/aromatic N) is 1. The van der Waals surface area contributed by atoms with Crippen molar-refractivity contribution in [3.05, 3.63) is 34.9 Å². The van der Waals surface area contributed by atoms with Gasteiger partial charge < -0.3 is 10.2 Å². The first-order valence-corrected chi connectivity index (χ1v) is 5.18. The van der Waals surface area contributed by atoms with Gasteiger partial charge in [-0.15, -0.1) is 0 Å². The van der Waals surface area contributed by atoms with Gasteiger partial charge in [0.05, 0.1) is 24.2 Å². The maximum atomic E-state index is 12.5. The van der Waals surface area contributed by atoms with E-state index in [4.69, 9.17) is 5.26 Å². The van der Waals surface area contributed by atoms with E-state index in [1.54, 1.807) is 6.07 Å². The molecule has 0 aromatic heterocycles. The average molecular weight is 259 g/mol. The number of halogens is 3. The maximum Gasteiger partial charge on any atom is 0.416 e. The second-order valence-corrected chi connectivity index (χ2v) is 3.95. The van der Waals surface area contributed by atoms with Crippen molar-refractivity contribution in [2.45, 2.75) is 31.7 Å². The molecule has 6 heteroatoms. The lowest BCUT2D eigenvalue weighted by Crippen LogP contribution is -2.18. The van der Waals surface area contributed by atoms with Crippen LogP contribution in [0.5, 0.6) is 0 Å². The molecule has 18 heavy (non-hydrogen) atoms. The van der Waals surface area contributed by atoms with E-state index in [2.05, 4.69) is 0 Å². The number of benzene rings is 1. The molecule has 1 aromatic carbocycles. The first kappa shape index (κ1) is 14.5. The van der Waals surface area contributed by atoms with Crippen LogP contribution in [0.15, 0.2) is 18.2 Å². The molecule has 0 saturated heterocycles. The molecule has 0 fully saturated rings. The highest BCUT2D eigenvalue weighted by atomic mass is 19.4. The van der Waals surface area contributed by atoms with Crippen LogP contribution < -0.4 is 0 Å². The van der Waals surface area contributed by atoms with Crippen LogP contribution in [0.25, 0.3) is 0 Å². The summed E-state index contributed by atoms with van der Waals surface area (Å²) in [5, 5.41) is 27.4. The minimum atomic E-state index is -4.45.